The third-order valence-corrected chi connectivity index (χ3v) is 9.13. The highest BCUT2D eigenvalue weighted by Crippen LogP contribution is 2.67. The molecule has 2 spiro atoms. The molecule has 198 valence electrons. The molecule has 0 radical (unpaired) electrons. The molecular weight excluding hydrogens is 490 g/mol. The lowest BCUT2D eigenvalue weighted by Gasteiger charge is -2.43. The number of para-hydroxylation sites is 1. The Hall–Kier alpha value is -3.97. The molecule has 4 heterocycles. The number of fused-ring (bicyclic) bond motifs is 7. The van der Waals surface area contributed by atoms with Crippen LogP contribution in [0, 0.1) is 12.8 Å². The standard InChI is InChI=1S/C32H31N3O4/c1-3-16-39-21-9-6-8-20(18-21)28(36)27-26-12-7-15-35(26)32(23-17-19(2)13-14-25(23)34-30(32)38)31(27)22-10-4-5-11-24(22)33-29(31)37/h4-6,8-11,13-14,17-18,26-27H,3,7,12,15-16H2,1-2H3,(H,33,37)(H,34,38). The fourth-order valence-corrected chi connectivity index (χ4v) is 7.83. The van der Waals surface area contributed by atoms with Crippen molar-refractivity contribution in [3.05, 3.63) is 89.0 Å². The number of benzene rings is 3. The zero-order valence-electron chi connectivity index (χ0n) is 22.1. The van der Waals surface area contributed by atoms with Gasteiger partial charge in [0.1, 0.15) is 16.7 Å². The van der Waals surface area contributed by atoms with Crippen LogP contribution in [0.15, 0.2) is 66.7 Å². The second kappa shape index (κ2) is 8.52. The highest BCUT2D eigenvalue weighted by molar-refractivity contribution is 6.21. The summed E-state index contributed by atoms with van der Waals surface area (Å²) in [7, 11) is 0. The van der Waals surface area contributed by atoms with E-state index < -0.39 is 16.9 Å². The van der Waals surface area contributed by atoms with Gasteiger partial charge in [-0.1, -0.05) is 55.0 Å². The number of hydrogen-bond donors (Lipinski definition) is 2. The summed E-state index contributed by atoms with van der Waals surface area (Å²) in [4.78, 5) is 45.9. The Balaban J connectivity index is 1.52. The zero-order chi connectivity index (χ0) is 26.9. The van der Waals surface area contributed by atoms with Gasteiger partial charge in [-0.2, -0.15) is 0 Å². The topological polar surface area (TPSA) is 87.7 Å². The molecule has 4 atom stereocenters. The molecule has 0 aromatic heterocycles. The van der Waals surface area contributed by atoms with E-state index in [1.807, 2.05) is 68.4 Å². The van der Waals surface area contributed by atoms with Crippen LogP contribution in [-0.2, 0) is 20.5 Å². The summed E-state index contributed by atoms with van der Waals surface area (Å²) in [5.41, 5.74) is 1.57. The summed E-state index contributed by atoms with van der Waals surface area (Å²) in [6, 6.07) is 20.4. The predicted molar refractivity (Wildman–Crippen MR) is 148 cm³/mol. The third kappa shape index (κ3) is 2.94. The number of ether oxygens (including phenoxy) is 1. The van der Waals surface area contributed by atoms with E-state index in [4.69, 9.17) is 4.74 Å². The molecule has 3 aromatic carbocycles. The lowest BCUT2D eigenvalue weighted by Crippen LogP contribution is -2.62. The number of nitrogens with one attached hydrogen (secondary N) is 2. The van der Waals surface area contributed by atoms with Crippen molar-refractivity contribution in [2.45, 2.75) is 50.1 Å². The molecule has 7 nitrogen and oxygen atoms in total. The van der Waals surface area contributed by atoms with Crippen LogP contribution in [0.4, 0.5) is 11.4 Å². The lowest BCUT2D eigenvalue weighted by molar-refractivity contribution is -0.137. The first-order valence-electron chi connectivity index (χ1n) is 13.8. The van der Waals surface area contributed by atoms with E-state index in [1.54, 1.807) is 12.1 Å². The smallest absolute Gasteiger partial charge is 0.251 e. The van der Waals surface area contributed by atoms with Crippen LogP contribution in [-0.4, -0.2) is 41.7 Å². The van der Waals surface area contributed by atoms with Crippen molar-refractivity contribution in [1.29, 1.82) is 0 Å². The SMILES string of the molecule is CCCOc1cccc(C(=O)C2C3CCCN3C3(C(=O)Nc4ccc(C)cc43)C23C(=O)Nc2ccccc23)c1. The Morgan fingerprint density at radius 3 is 2.62 bits per heavy atom. The average molecular weight is 522 g/mol. The molecule has 2 saturated heterocycles. The minimum Gasteiger partial charge on any atom is -0.494 e. The number of carbonyl (C=O) groups excluding carboxylic acids is 3. The number of nitrogens with zero attached hydrogens (tertiary/aromatic N) is 1. The summed E-state index contributed by atoms with van der Waals surface area (Å²) in [5.74, 6) is -0.797. The fraction of sp³-hybridized carbons (Fsp3) is 0.344. The maximum absolute atomic E-state index is 14.8. The molecule has 2 N–H and O–H groups in total. The van der Waals surface area contributed by atoms with Gasteiger partial charge in [0.05, 0.1) is 12.5 Å². The van der Waals surface area contributed by atoms with Crippen molar-refractivity contribution in [3.63, 3.8) is 0 Å². The molecule has 2 fully saturated rings. The van der Waals surface area contributed by atoms with E-state index in [-0.39, 0.29) is 23.6 Å². The van der Waals surface area contributed by atoms with Crippen LogP contribution in [0.1, 0.15) is 53.2 Å². The quantitative estimate of drug-likeness (QED) is 0.471. The van der Waals surface area contributed by atoms with E-state index >= 15 is 0 Å². The number of Topliss-reactive ketones (excluding diaryl/α,β-unsaturated/α-hetero) is 1. The summed E-state index contributed by atoms with van der Waals surface area (Å²) in [5, 5.41) is 6.20. The molecule has 0 aliphatic carbocycles. The van der Waals surface area contributed by atoms with Crippen molar-refractivity contribution in [2.24, 2.45) is 5.92 Å². The second-order valence-corrected chi connectivity index (χ2v) is 11.1. The number of carbonyl (C=O) groups is 3. The highest BCUT2D eigenvalue weighted by atomic mass is 16.5. The number of aryl methyl sites for hydroxylation is 1. The molecule has 7 heteroatoms. The van der Waals surface area contributed by atoms with E-state index in [1.165, 1.54) is 0 Å². The van der Waals surface area contributed by atoms with Crippen LogP contribution in [0.25, 0.3) is 0 Å². The molecule has 3 aromatic rings. The van der Waals surface area contributed by atoms with Crippen molar-refractivity contribution >= 4 is 29.0 Å². The normalized spacial score (nSPS) is 28.4. The van der Waals surface area contributed by atoms with Crippen molar-refractivity contribution in [3.8, 4) is 5.75 Å². The number of ketones is 1. The van der Waals surface area contributed by atoms with Gasteiger partial charge in [-0.05, 0) is 62.6 Å². The Labute approximate surface area is 227 Å². The largest absolute Gasteiger partial charge is 0.494 e. The third-order valence-electron chi connectivity index (χ3n) is 9.13. The van der Waals surface area contributed by atoms with Gasteiger partial charge in [0, 0.05) is 28.5 Å². The maximum Gasteiger partial charge on any atom is 0.251 e. The Bertz CT molecular complexity index is 1550. The Kier molecular flexibility index (Phi) is 5.26. The van der Waals surface area contributed by atoms with Gasteiger partial charge in [-0.25, -0.2) is 0 Å². The minimum atomic E-state index is -1.44. The summed E-state index contributed by atoms with van der Waals surface area (Å²) in [6.45, 7) is 5.21. The van der Waals surface area contributed by atoms with Gasteiger partial charge < -0.3 is 15.4 Å². The van der Waals surface area contributed by atoms with Gasteiger partial charge >= 0.3 is 0 Å². The van der Waals surface area contributed by atoms with Gasteiger partial charge in [0.25, 0.3) is 5.91 Å². The van der Waals surface area contributed by atoms with Gasteiger partial charge in [0.15, 0.2) is 5.78 Å². The molecule has 4 unspecified atom stereocenters. The van der Waals surface area contributed by atoms with Crippen LogP contribution in [0.2, 0.25) is 0 Å². The van der Waals surface area contributed by atoms with Crippen LogP contribution in [0.3, 0.4) is 0 Å². The van der Waals surface area contributed by atoms with Crippen molar-refractivity contribution < 1.29 is 19.1 Å². The van der Waals surface area contributed by atoms with Gasteiger partial charge in [-0.15, -0.1) is 0 Å². The molecule has 4 aliphatic heterocycles. The summed E-state index contributed by atoms with van der Waals surface area (Å²) in [6.07, 6.45) is 2.44. The number of hydrogen-bond acceptors (Lipinski definition) is 5. The number of anilines is 2. The second-order valence-electron chi connectivity index (χ2n) is 11.1. The molecular formula is C32H31N3O4. The summed E-state index contributed by atoms with van der Waals surface area (Å²) >= 11 is 0. The monoisotopic (exact) mass is 521 g/mol. The van der Waals surface area contributed by atoms with Crippen LogP contribution >= 0.6 is 0 Å². The van der Waals surface area contributed by atoms with Gasteiger partial charge in [0.2, 0.25) is 5.91 Å². The number of amides is 2. The first-order valence-corrected chi connectivity index (χ1v) is 13.8. The van der Waals surface area contributed by atoms with E-state index in [0.29, 0.717) is 41.4 Å². The summed E-state index contributed by atoms with van der Waals surface area (Å²) < 4.78 is 5.85. The van der Waals surface area contributed by atoms with Crippen LogP contribution < -0.4 is 15.4 Å². The molecule has 4 aliphatic rings. The van der Waals surface area contributed by atoms with Crippen molar-refractivity contribution in [1.82, 2.24) is 4.90 Å². The maximum atomic E-state index is 14.8. The van der Waals surface area contributed by atoms with E-state index in [0.717, 1.165) is 30.4 Å². The highest BCUT2D eigenvalue weighted by Gasteiger charge is 2.81. The Morgan fingerprint density at radius 1 is 0.974 bits per heavy atom. The first kappa shape index (κ1) is 24.1. The Morgan fingerprint density at radius 2 is 1.77 bits per heavy atom. The molecule has 0 saturated carbocycles. The van der Waals surface area contributed by atoms with E-state index in [2.05, 4.69) is 15.5 Å². The first-order chi connectivity index (χ1) is 18.9. The fourth-order valence-electron chi connectivity index (χ4n) is 7.83. The number of rotatable bonds is 5. The van der Waals surface area contributed by atoms with Crippen molar-refractivity contribution in [2.75, 3.05) is 23.8 Å². The molecule has 0 bridgehead atoms. The van der Waals surface area contributed by atoms with Crippen LogP contribution in [0.5, 0.6) is 5.75 Å². The lowest BCUT2D eigenvalue weighted by atomic mass is 9.57. The molecule has 2 amide bonds. The molecule has 39 heavy (non-hydrogen) atoms. The minimum absolute atomic E-state index is 0.133. The molecule has 7 rings (SSSR count). The predicted octanol–water partition coefficient (Wildman–Crippen LogP) is 4.80. The van der Waals surface area contributed by atoms with E-state index in [9.17, 15) is 14.4 Å². The van der Waals surface area contributed by atoms with Gasteiger partial charge in [-0.3, -0.25) is 19.3 Å². The average Bonchev–Trinajstić information content (AvgIpc) is 3.66. The zero-order valence-corrected chi connectivity index (χ0v) is 22.1.